The standard InChI is InChI=1S/C18H29N3S/c1-4-14(3)15-6-8-16(9-7-15)19-18(22)20-17-10-12-21(5-2)13-11-17/h6-9,14,17H,4-5,10-13H2,1-3H3,(H2,19,20,22). The number of anilines is 1. The highest BCUT2D eigenvalue weighted by Gasteiger charge is 2.18. The Bertz CT molecular complexity index is 464. The van der Waals surface area contributed by atoms with E-state index in [4.69, 9.17) is 12.2 Å². The maximum atomic E-state index is 5.45. The molecule has 1 saturated heterocycles. The molecule has 1 aromatic rings. The highest BCUT2D eigenvalue weighted by molar-refractivity contribution is 7.80. The van der Waals surface area contributed by atoms with Gasteiger partial charge in [-0.05, 0) is 61.6 Å². The van der Waals surface area contributed by atoms with Gasteiger partial charge in [0.25, 0.3) is 0 Å². The number of likely N-dealkylation sites (tertiary alicyclic amines) is 1. The molecule has 1 heterocycles. The third-order valence-corrected chi connectivity index (χ3v) is 4.94. The lowest BCUT2D eigenvalue weighted by Crippen LogP contribution is -2.45. The van der Waals surface area contributed by atoms with E-state index in [2.05, 4.69) is 60.6 Å². The molecule has 0 amide bonds. The van der Waals surface area contributed by atoms with Crippen molar-refractivity contribution >= 4 is 23.0 Å². The largest absolute Gasteiger partial charge is 0.360 e. The summed E-state index contributed by atoms with van der Waals surface area (Å²) in [6.45, 7) is 10.2. The van der Waals surface area contributed by atoms with E-state index in [0.717, 1.165) is 17.3 Å². The van der Waals surface area contributed by atoms with Crippen LogP contribution < -0.4 is 10.6 Å². The van der Waals surface area contributed by atoms with Gasteiger partial charge in [-0.1, -0.05) is 32.9 Å². The average Bonchev–Trinajstić information content (AvgIpc) is 2.55. The Kier molecular flexibility index (Phi) is 6.65. The molecule has 122 valence electrons. The smallest absolute Gasteiger partial charge is 0.170 e. The first kappa shape index (κ1) is 17.2. The van der Waals surface area contributed by atoms with Crippen molar-refractivity contribution in [2.45, 2.75) is 52.0 Å². The van der Waals surface area contributed by atoms with E-state index in [1.807, 2.05) is 0 Å². The molecule has 1 aliphatic heterocycles. The fraction of sp³-hybridized carbons (Fsp3) is 0.611. The lowest BCUT2D eigenvalue weighted by Gasteiger charge is -2.32. The molecule has 3 nitrogen and oxygen atoms in total. The topological polar surface area (TPSA) is 27.3 Å². The average molecular weight is 320 g/mol. The van der Waals surface area contributed by atoms with Crippen molar-refractivity contribution in [2.24, 2.45) is 0 Å². The van der Waals surface area contributed by atoms with Crippen LogP contribution in [0.2, 0.25) is 0 Å². The molecule has 0 aliphatic carbocycles. The van der Waals surface area contributed by atoms with Gasteiger partial charge >= 0.3 is 0 Å². The van der Waals surface area contributed by atoms with Crippen LogP contribution in [0.4, 0.5) is 5.69 Å². The third kappa shape index (κ3) is 4.96. The summed E-state index contributed by atoms with van der Waals surface area (Å²) < 4.78 is 0. The summed E-state index contributed by atoms with van der Waals surface area (Å²) in [6, 6.07) is 9.13. The number of piperidine rings is 1. The van der Waals surface area contributed by atoms with Crippen LogP contribution in [-0.2, 0) is 0 Å². The molecular formula is C18H29N3S. The second-order valence-electron chi connectivity index (χ2n) is 6.24. The Hall–Kier alpha value is -1.13. The van der Waals surface area contributed by atoms with Crippen LogP contribution >= 0.6 is 12.2 Å². The van der Waals surface area contributed by atoms with Crippen LogP contribution in [0, 0.1) is 0 Å². The van der Waals surface area contributed by atoms with Gasteiger partial charge in [0.2, 0.25) is 0 Å². The van der Waals surface area contributed by atoms with Crippen LogP contribution in [0.5, 0.6) is 0 Å². The zero-order valence-corrected chi connectivity index (χ0v) is 14.9. The lowest BCUT2D eigenvalue weighted by atomic mass is 9.99. The molecule has 0 saturated carbocycles. The van der Waals surface area contributed by atoms with E-state index in [-0.39, 0.29) is 0 Å². The van der Waals surface area contributed by atoms with Gasteiger partial charge in [0.1, 0.15) is 0 Å². The first-order valence-corrected chi connectivity index (χ1v) is 8.93. The van der Waals surface area contributed by atoms with Crippen LogP contribution in [0.1, 0.15) is 51.5 Å². The third-order valence-electron chi connectivity index (χ3n) is 4.72. The van der Waals surface area contributed by atoms with E-state index in [0.29, 0.717) is 12.0 Å². The number of nitrogens with zero attached hydrogens (tertiary/aromatic N) is 1. The number of thiocarbonyl (C=S) groups is 1. The van der Waals surface area contributed by atoms with Gasteiger partial charge in [0.05, 0.1) is 0 Å². The van der Waals surface area contributed by atoms with E-state index in [1.165, 1.54) is 37.9 Å². The van der Waals surface area contributed by atoms with Crippen LogP contribution in [-0.4, -0.2) is 35.7 Å². The predicted molar refractivity (Wildman–Crippen MR) is 99.6 cm³/mol. The zero-order valence-electron chi connectivity index (χ0n) is 14.1. The molecule has 2 N–H and O–H groups in total. The molecule has 1 atom stereocenters. The monoisotopic (exact) mass is 319 g/mol. The summed E-state index contributed by atoms with van der Waals surface area (Å²) >= 11 is 5.45. The highest BCUT2D eigenvalue weighted by atomic mass is 32.1. The summed E-state index contributed by atoms with van der Waals surface area (Å²) in [5.41, 5.74) is 2.45. The molecule has 1 fully saturated rings. The Morgan fingerprint density at radius 2 is 1.86 bits per heavy atom. The van der Waals surface area contributed by atoms with Gasteiger partial charge in [0, 0.05) is 24.8 Å². The maximum Gasteiger partial charge on any atom is 0.170 e. The second-order valence-corrected chi connectivity index (χ2v) is 6.65. The number of rotatable bonds is 5. The van der Waals surface area contributed by atoms with Crippen molar-refractivity contribution in [3.63, 3.8) is 0 Å². The molecule has 1 aromatic carbocycles. The molecule has 0 aromatic heterocycles. The number of hydrogen-bond donors (Lipinski definition) is 2. The number of nitrogens with one attached hydrogen (secondary N) is 2. The molecule has 0 spiro atoms. The first-order valence-electron chi connectivity index (χ1n) is 8.52. The second kappa shape index (κ2) is 8.49. The van der Waals surface area contributed by atoms with Crippen molar-refractivity contribution in [3.05, 3.63) is 29.8 Å². The molecule has 0 radical (unpaired) electrons. The molecular weight excluding hydrogens is 290 g/mol. The summed E-state index contributed by atoms with van der Waals surface area (Å²) in [5.74, 6) is 0.614. The lowest BCUT2D eigenvalue weighted by molar-refractivity contribution is 0.216. The van der Waals surface area contributed by atoms with Crippen molar-refractivity contribution in [2.75, 3.05) is 25.0 Å². The molecule has 4 heteroatoms. The van der Waals surface area contributed by atoms with Crippen LogP contribution in [0.15, 0.2) is 24.3 Å². The number of benzene rings is 1. The van der Waals surface area contributed by atoms with Crippen molar-refractivity contribution in [3.8, 4) is 0 Å². The number of hydrogen-bond acceptors (Lipinski definition) is 2. The normalized spacial score (nSPS) is 18.0. The van der Waals surface area contributed by atoms with E-state index < -0.39 is 0 Å². The Labute approximate surface area is 140 Å². The maximum absolute atomic E-state index is 5.45. The first-order chi connectivity index (χ1) is 10.6. The predicted octanol–water partition coefficient (Wildman–Crippen LogP) is 3.97. The molecule has 2 rings (SSSR count). The SMILES string of the molecule is CCC(C)c1ccc(NC(=S)NC2CCN(CC)CC2)cc1. The van der Waals surface area contributed by atoms with E-state index in [1.54, 1.807) is 0 Å². The Morgan fingerprint density at radius 3 is 2.41 bits per heavy atom. The van der Waals surface area contributed by atoms with Gasteiger partial charge in [-0.2, -0.15) is 0 Å². The van der Waals surface area contributed by atoms with Gasteiger partial charge in [0.15, 0.2) is 5.11 Å². The summed E-state index contributed by atoms with van der Waals surface area (Å²) in [7, 11) is 0. The summed E-state index contributed by atoms with van der Waals surface area (Å²) in [6.07, 6.45) is 3.51. The quantitative estimate of drug-likeness (QED) is 0.803. The molecule has 0 bridgehead atoms. The van der Waals surface area contributed by atoms with Crippen molar-refractivity contribution in [1.82, 2.24) is 10.2 Å². The van der Waals surface area contributed by atoms with E-state index in [9.17, 15) is 0 Å². The summed E-state index contributed by atoms with van der Waals surface area (Å²) in [5, 5.41) is 7.50. The van der Waals surface area contributed by atoms with Gasteiger partial charge in [-0.15, -0.1) is 0 Å². The van der Waals surface area contributed by atoms with Crippen LogP contribution in [0.25, 0.3) is 0 Å². The molecule has 22 heavy (non-hydrogen) atoms. The van der Waals surface area contributed by atoms with Crippen LogP contribution in [0.3, 0.4) is 0 Å². The fourth-order valence-electron chi connectivity index (χ4n) is 2.88. The Balaban J connectivity index is 1.79. The Morgan fingerprint density at radius 1 is 1.23 bits per heavy atom. The van der Waals surface area contributed by atoms with Gasteiger partial charge in [-0.25, -0.2) is 0 Å². The highest BCUT2D eigenvalue weighted by Crippen LogP contribution is 2.20. The van der Waals surface area contributed by atoms with Gasteiger partial charge in [-0.3, -0.25) is 0 Å². The van der Waals surface area contributed by atoms with E-state index >= 15 is 0 Å². The summed E-state index contributed by atoms with van der Waals surface area (Å²) in [4.78, 5) is 2.49. The van der Waals surface area contributed by atoms with Crippen molar-refractivity contribution < 1.29 is 0 Å². The molecule has 1 aliphatic rings. The zero-order chi connectivity index (χ0) is 15.9. The minimum Gasteiger partial charge on any atom is -0.360 e. The molecule has 1 unspecified atom stereocenters. The van der Waals surface area contributed by atoms with Crippen molar-refractivity contribution in [1.29, 1.82) is 0 Å². The minimum absolute atomic E-state index is 0.502. The minimum atomic E-state index is 0.502. The van der Waals surface area contributed by atoms with Gasteiger partial charge < -0.3 is 15.5 Å². The fourth-order valence-corrected chi connectivity index (χ4v) is 3.16.